The Morgan fingerprint density at radius 3 is 2.48 bits per heavy atom. The van der Waals surface area contributed by atoms with Crippen LogP contribution >= 0.6 is 15.9 Å². The number of carbonyl (C=O) groups excluding carboxylic acids is 2. The van der Waals surface area contributed by atoms with E-state index in [4.69, 9.17) is 0 Å². The molecule has 1 aromatic rings. The minimum atomic E-state index is -4.56. The molecule has 8 heteroatoms. The van der Waals surface area contributed by atoms with Crippen LogP contribution in [-0.4, -0.2) is 36.9 Å². The van der Waals surface area contributed by atoms with Crippen LogP contribution in [0.25, 0.3) is 0 Å². The first-order chi connectivity index (χ1) is 9.66. The SMILES string of the molecule is CCN(C)C(=O)CNC(=O)c1ccc(Br)c(C(F)(F)F)c1. The molecule has 0 saturated heterocycles. The zero-order valence-electron chi connectivity index (χ0n) is 11.4. The maximum atomic E-state index is 12.7. The molecule has 2 amide bonds. The van der Waals surface area contributed by atoms with E-state index < -0.39 is 17.6 Å². The number of likely N-dealkylation sites (N-methyl/N-ethyl adjacent to an activating group) is 1. The van der Waals surface area contributed by atoms with Crippen LogP contribution in [0, 0.1) is 0 Å². The van der Waals surface area contributed by atoms with E-state index in [2.05, 4.69) is 21.2 Å². The van der Waals surface area contributed by atoms with Crippen molar-refractivity contribution in [1.29, 1.82) is 0 Å². The van der Waals surface area contributed by atoms with Gasteiger partial charge in [-0.3, -0.25) is 9.59 Å². The fraction of sp³-hybridized carbons (Fsp3) is 0.385. The Kier molecular flexibility index (Phi) is 5.77. The van der Waals surface area contributed by atoms with E-state index >= 15 is 0 Å². The van der Waals surface area contributed by atoms with Crippen LogP contribution in [0.4, 0.5) is 13.2 Å². The second-order valence-corrected chi connectivity index (χ2v) is 5.14. The van der Waals surface area contributed by atoms with Crippen LogP contribution < -0.4 is 5.32 Å². The second kappa shape index (κ2) is 6.93. The summed E-state index contributed by atoms with van der Waals surface area (Å²) in [5.41, 5.74) is -1.09. The average molecular weight is 367 g/mol. The molecule has 116 valence electrons. The molecule has 0 fully saturated rings. The Morgan fingerprint density at radius 1 is 1.33 bits per heavy atom. The van der Waals surface area contributed by atoms with Gasteiger partial charge in [-0.05, 0) is 25.1 Å². The number of amides is 2. The average Bonchev–Trinajstić information content (AvgIpc) is 2.42. The predicted molar refractivity (Wildman–Crippen MR) is 74.8 cm³/mol. The van der Waals surface area contributed by atoms with E-state index in [0.717, 1.165) is 12.1 Å². The first-order valence-corrected chi connectivity index (χ1v) is 6.85. The van der Waals surface area contributed by atoms with E-state index in [1.807, 2.05) is 0 Å². The number of hydrogen-bond acceptors (Lipinski definition) is 2. The molecule has 0 aromatic heterocycles. The number of alkyl halides is 3. The first kappa shape index (κ1) is 17.5. The lowest BCUT2D eigenvalue weighted by molar-refractivity contribution is -0.138. The molecule has 0 bridgehead atoms. The smallest absolute Gasteiger partial charge is 0.345 e. The summed E-state index contributed by atoms with van der Waals surface area (Å²) in [6.07, 6.45) is -4.56. The van der Waals surface area contributed by atoms with Gasteiger partial charge in [0.05, 0.1) is 12.1 Å². The molecule has 0 unspecified atom stereocenters. The Bertz CT molecular complexity index is 547. The van der Waals surface area contributed by atoms with Gasteiger partial charge in [0, 0.05) is 23.6 Å². The van der Waals surface area contributed by atoms with Crippen LogP contribution in [0.2, 0.25) is 0 Å². The molecular formula is C13H14BrF3N2O2. The highest BCUT2D eigenvalue weighted by molar-refractivity contribution is 9.10. The van der Waals surface area contributed by atoms with Gasteiger partial charge in [0.2, 0.25) is 5.91 Å². The molecule has 0 aliphatic heterocycles. The lowest BCUT2D eigenvalue weighted by atomic mass is 10.1. The molecule has 0 radical (unpaired) electrons. The van der Waals surface area contributed by atoms with Crippen molar-refractivity contribution < 1.29 is 22.8 Å². The molecule has 1 rings (SSSR count). The quantitative estimate of drug-likeness (QED) is 0.890. The highest BCUT2D eigenvalue weighted by Crippen LogP contribution is 2.35. The van der Waals surface area contributed by atoms with Crippen LogP contribution in [0.3, 0.4) is 0 Å². The summed E-state index contributed by atoms with van der Waals surface area (Å²) in [5.74, 6) is -1.05. The molecule has 1 aromatic carbocycles. The summed E-state index contributed by atoms with van der Waals surface area (Å²) in [6.45, 7) is 1.98. The van der Waals surface area contributed by atoms with Crippen molar-refractivity contribution in [2.45, 2.75) is 13.1 Å². The maximum Gasteiger partial charge on any atom is 0.417 e. The molecule has 1 N–H and O–H groups in total. The van der Waals surface area contributed by atoms with Gasteiger partial charge in [-0.2, -0.15) is 13.2 Å². The third-order valence-electron chi connectivity index (χ3n) is 2.83. The van der Waals surface area contributed by atoms with Crippen LogP contribution in [0.1, 0.15) is 22.8 Å². The molecular weight excluding hydrogens is 353 g/mol. The van der Waals surface area contributed by atoms with Crippen molar-refractivity contribution in [3.05, 3.63) is 33.8 Å². The predicted octanol–water partition coefficient (Wildman–Crippen LogP) is 2.68. The highest BCUT2D eigenvalue weighted by atomic mass is 79.9. The molecule has 0 aliphatic carbocycles. The number of halogens is 4. The first-order valence-electron chi connectivity index (χ1n) is 6.05. The van der Waals surface area contributed by atoms with E-state index in [1.54, 1.807) is 14.0 Å². The number of benzene rings is 1. The van der Waals surface area contributed by atoms with Crippen molar-refractivity contribution in [3.63, 3.8) is 0 Å². The van der Waals surface area contributed by atoms with Gasteiger partial charge in [-0.25, -0.2) is 0 Å². The molecule has 0 saturated carbocycles. The Hall–Kier alpha value is -1.57. The molecule has 4 nitrogen and oxygen atoms in total. The Morgan fingerprint density at radius 2 is 1.95 bits per heavy atom. The van der Waals surface area contributed by atoms with Crippen molar-refractivity contribution in [1.82, 2.24) is 10.2 Å². The number of nitrogens with one attached hydrogen (secondary N) is 1. The zero-order valence-corrected chi connectivity index (χ0v) is 13.0. The van der Waals surface area contributed by atoms with Gasteiger partial charge < -0.3 is 10.2 Å². The summed E-state index contributed by atoms with van der Waals surface area (Å²) in [6, 6.07) is 3.15. The van der Waals surface area contributed by atoms with Crippen molar-refractivity contribution in [2.75, 3.05) is 20.1 Å². The standard InChI is InChI=1S/C13H14BrF3N2O2/c1-3-19(2)11(20)7-18-12(21)8-4-5-10(14)9(6-8)13(15,16)17/h4-6H,3,7H2,1-2H3,(H,18,21). The highest BCUT2D eigenvalue weighted by Gasteiger charge is 2.33. The molecule has 0 spiro atoms. The van der Waals surface area contributed by atoms with Crippen molar-refractivity contribution in [3.8, 4) is 0 Å². The monoisotopic (exact) mass is 366 g/mol. The lowest BCUT2D eigenvalue weighted by Gasteiger charge is -2.15. The van der Waals surface area contributed by atoms with E-state index in [-0.39, 0.29) is 22.5 Å². The normalized spacial score (nSPS) is 11.1. The van der Waals surface area contributed by atoms with Gasteiger partial charge in [0.1, 0.15) is 0 Å². The number of rotatable bonds is 4. The van der Waals surface area contributed by atoms with E-state index in [9.17, 15) is 22.8 Å². The van der Waals surface area contributed by atoms with Gasteiger partial charge >= 0.3 is 6.18 Å². The Balaban J connectivity index is 2.82. The van der Waals surface area contributed by atoms with E-state index in [0.29, 0.717) is 6.54 Å². The van der Waals surface area contributed by atoms with Crippen molar-refractivity contribution >= 4 is 27.7 Å². The lowest BCUT2D eigenvalue weighted by Crippen LogP contribution is -2.38. The topological polar surface area (TPSA) is 49.4 Å². The summed E-state index contributed by atoms with van der Waals surface area (Å²) < 4.78 is 38.1. The van der Waals surface area contributed by atoms with Crippen LogP contribution in [0.5, 0.6) is 0 Å². The van der Waals surface area contributed by atoms with Gasteiger partial charge in [-0.1, -0.05) is 15.9 Å². The molecule has 0 heterocycles. The van der Waals surface area contributed by atoms with E-state index in [1.165, 1.54) is 11.0 Å². The largest absolute Gasteiger partial charge is 0.417 e. The van der Waals surface area contributed by atoms with Gasteiger partial charge in [-0.15, -0.1) is 0 Å². The summed E-state index contributed by atoms with van der Waals surface area (Å²) >= 11 is 2.79. The Labute approximate surface area is 128 Å². The molecule has 21 heavy (non-hydrogen) atoms. The number of carbonyl (C=O) groups is 2. The minimum Gasteiger partial charge on any atom is -0.345 e. The van der Waals surface area contributed by atoms with Crippen LogP contribution in [0.15, 0.2) is 22.7 Å². The fourth-order valence-corrected chi connectivity index (χ4v) is 1.92. The maximum absolute atomic E-state index is 12.7. The fourth-order valence-electron chi connectivity index (χ4n) is 1.45. The minimum absolute atomic E-state index is 0.145. The third-order valence-corrected chi connectivity index (χ3v) is 3.53. The third kappa shape index (κ3) is 4.73. The molecule has 0 aliphatic rings. The number of nitrogens with zero attached hydrogens (tertiary/aromatic N) is 1. The summed E-state index contributed by atoms with van der Waals surface area (Å²) in [7, 11) is 1.57. The molecule has 0 atom stereocenters. The number of hydrogen-bond donors (Lipinski definition) is 1. The summed E-state index contributed by atoms with van der Waals surface area (Å²) in [5, 5.41) is 2.30. The van der Waals surface area contributed by atoms with Gasteiger partial charge in [0.25, 0.3) is 5.91 Å². The van der Waals surface area contributed by atoms with Gasteiger partial charge in [0.15, 0.2) is 0 Å². The van der Waals surface area contributed by atoms with Crippen molar-refractivity contribution in [2.24, 2.45) is 0 Å². The summed E-state index contributed by atoms with van der Waals surface area (Å²) in [4.78, 5) is 24.7. The second-order valence-electron chi connectivity index (χ2n) is 4.28. The zero-order chi connectivity index (χ0) is 16.2. The van der Waals surface area contributed by atoms with Crippen LogP contribution in [-0.2, 0) is 11.0 Å².